The van der Waals surface area contributed by atoms with Crippen LogP contribution in [0.1, 0.15) is 18.7 Å². The average molecular weight is 288 g/mol. The van der Waals surface area contributed by atoms with Crippen LogP contribution in [0.15, 0.2) is 10.7 Å². The summed E-state index contributed by atoms with van der Waals surface area (Å²) in [6, 6.07) is 0. The Morgan fingerprint density at radius 1 is 1.60 bits per heavy atom. The number of H-pyrrole nitrogens is 2. The van der Waals surface area contributed by atoms with E-state index in [2.05, 4.69) is 30.9 Å². The van der Waals surface area contributed by atoms with Gasteiger partial charge in [0.1, 0.15) is 5.39 Å². The largest absolute Gasteiger partial charge is 0.278 e. The molecule has 0 amide bonds. The average Bonchev–Trinajstić information content (AvgIpc) is 2.90. The number of hydrogen-bond acceptors (Lipinski definition) is 1. The van der Waals surface area contributed by atoms with E-state index in [1.807, 2.05) is 6.20 Å². The molecule has 0 aromatic carbocycles. The molecule has 5 heteroatoms. The van der Waals surface area contributed by atoms with Crippen LogP contribution in [0.4, 0.5) is 0 Å². The normalized spacial score (nSPS) is 16.1. The zero-order valence-electron chi connectivity index (χ0n) is 7.98. The number of hydrogen-bond donors (Lipinski definition) is 1. The molecule has 0 bridgehead atoms. The van der Waals surface area contributed by atoms with Gasteiger partial charge in [-0.2, -0.15) is 0 Å². The summed E-state index contributed by atoms with van der Waals surface area (Å²) in [4.78, 5) is 10.8. The van der Waals surface area contributed by atoms with Crippen LogP contribution in [-0.2, 0) is 6.42 Å². The molecule has 0 unspecified atom stereocenters. The standard InChI is InChI=1S/C10H9BrClN3/c11-6-4-13-10-8(6)9(12)14-7(15-10)3-5-1-2-5/h4-5H,1-3H2,(H,13,14,15)/p+1. The van der Waals surface area contributed by atoms with Crippen molar-refractivity contribution in [2.75, 3.05) is 0 Å². The fourth-order valence-corrected chi connectivity index (χ4v) is 2.65. The number of halogens is 2. The second kappa shape index (κ2) is 3.46. The highest BCUT2D eigenvalue weighted by molar-refractivity contribution is 9.10. The number of aromatic nitrogens is 3. The Balaban J connectivity index is 2.10. The quantitative estimate of drug-likeness (QED) is 0.848. The van der Waals surface area contributed by atoms with E-state index in [0.717, 1.165) is 33.7 Å². The van der Waals surface area contributed by atoms with Crippen molar-refractivity contribution in [1.29, 1.82) is 0 Å². The smallest absolute Gasteiger partial charge is 0.238 e. The molecule has 1 saturated carbocycles. The molecule has 0 aliphatic heterocycles. The van der Waals surface area contributed by atoms with Crippen LogP contribution < -0.4 is 4.98 Å². The maximum Gasteiger partial charge on any atom is 0.238 e. The van der Waals surface area contributed by atoms with Crippen molar-refractivity contribution in [3.8, 4) is 0 Å². The Bertz CT molecular complexity index is 519. The summed E-state index contributed by atoms with van der Waals surface area (Å²) in [6.45, 7) is 0. The molecule has 3 rings (SSSR count). The highest BCUT2D eigenvalue weighted by Crippen LogP contribution is 2.32. The predicted molar refractivity (Wildman–Crippen MR) is 61.8 cm³/mol. The van der Waals surface area contributed by atoms with Crippen LogP contribution in [0.3, 0.4) is 0 Å². The molecular weight excluding hydrogens is 277 g/mol. The molecule has 0 atom stereocenters. The Hall–Kier alpha value is -0.610. The first-order valence-electron chi connectivity index (χ1n) is 4.98. The zero-order valence-corrected chi connectivity index (χ0v) is 10.3. The van der Waals surface area contributed by atoms with E-state index in [-0.39, 0.29) is 0 Å². The summed E-state index contributed by atoms with van der Waals surface area (Å²) in [6.07, 6.45) is 5.52. The van der Waals surface area contributed by atoms with Crippen molar-refractivity contribution >= 4 is 38.6 Å². The number of aromatic amines is 2. The third-order valence-electron chi connectivity index (χ3n) is 2.72. The SMILES string of the molecule is Clc1nc(CC2CC2)[nH+]c2[nH]cc(Br)c12. The lowest BCUT2D eigenvalue weighted by Gasteiger charge is -1.94. The van der Waals surface area contributed by atoms with Gasteiger partial charge in [0.25, 0.3) is 0 Å². The summed E-state index contributed by atoms with van der Waals surface area (Å²) >= 11 is 9.56. The zero-order chi connectivity index (χ0) is 10.4. The third-order valence-corrected chi connectivity index (χ3v) is 3.62. The van der Waals surface area contributed by atoms with Gasteiger partial charge in [0.05, 0.1) is 10.7 Å². The highest BCUT2D eigenvalue weighted by atomic mass is 79.9. The molecule has 2 N–H and O–H groups in total. The minimum atomic E-state index is 0.563. The summed E-state index contributed by atoms with van der Waals surface area (Å²) in [5.74, 6) is 1.78. The van der Waals surface area contributed by atoms with Crippen molar-refractivity contribution in [2.24, 2.45) is 5.92 Å². The summed E-state index contributed by atoms with van der Waals surface area (Å²) < 4.78 is 0.948. The van der Waals surface area contributed by atoms with Crippen LogP contribution in [0.2, 0.25) is 5.15 Å². The molecule has 0 saturated heterocycles. The lowest BCUT2D eigenvalue weighted by atomic mass is 10.3. The van der Waals surface area contributed by atoms with E-state index >= 15 is 0 Å². The lowest BCUT2D eigenvalue weighted by Crippen LogP contribution is -2.16. The summed E-state index contributed by atoms with van der Waals surface area (Å²) in [7, 11) is 0. The fourth-order valence-electron chi connectivity index (χ4n) is 1.74. The molecule has 1 aliphatic carbocycles. The van der Waals surface area contributed by atoms with E-state index in [1.165, 1.54) is 12.8 Å². The Morgan fingerprint density at radius 3 is 3.13 bits per heavy atom. The monoisotopic (exact) mass is 286 g/mol. The van der Waals surface area contributed by atoms with Crippen LogP contribution in [0.5, 0.6) is 0 Å². The van der Waals surface area contributed by atoms with Gasteiger partial charge >= 0.3 is 0 Å². The molecular formula is C10H10BrClN3+. The van der Waals surface area contributed by atoms with Crippen molar-refractivity contribution < 1.29 is 4.98 Å². The van der Waals surface area contributed by atoms with Gasteiger partial charge in [0, 0.05) is 6.42 Å². The lowest BCUT2D eigenvalue weighted by molar-refractivity contribution is -0.366. The molecule has 2 aromatic heterocycles. The number of rotatable bonds is 2. The van der Waals surface area contributed by atoms with Gasteiger partial charge in [0.15, 0.2) is 0 Å². The highest BCUT2D eigenvalue weighted by Gasteiger charge is 2.26. The number of nitrogens with one attached hydrogen (secondary N) is 2. The topological polar surface area (TPSA) is 42.8 Å². The summed E-state index contributed by atoms with van der Waals surface area (Å²) in [5.41, 5.74) is 0.942. The van der Waals surface area contributed by atoms with Crippen molar-refractivity contribution in [1.82, 2.24) is 9.97 Å². The van der Waals surface area contributed by atoms with Crippen LogP contribution in [-0.4, -0.2) is 9.97 Å². The van der Waals surface area contributed by atoms with E-state index in [4.69, 9.17) is 11.6 Å². The number of nitrogens with zero attached hydrogens (tertiary/aromatic N) is 1. The molecule has 2 heterocycles. The van der Waals surface area contributed by atoms with E-state index < -0.39 is 0 Å². The van der Waals surface area contributed by atoms with Crippen molar-refractivity contribution in [2.45, 2.75) is 19.3 Å². The number of fused-ring (bicyclic) bond motifs is 1. The molecule has 0 radical (unpaired) electrons. The van der Waals surface area contributed by atoms with Gasteiger partial charge in [0.2, 0.25) is 16.6 Å². The maximum atomic E-state index is 6.13. The van der Waals surface area contributed by atoms with Crippen LogP contribution in [0.25, 0.3) is 11.0 Å². The second-order valence-electron chi connectivity index (χ2n) is 4.01. The van der Waals surface area contributed by atoms with E-state index in [9.17, 15) is 0 Å². The van der Waals surface area contributed by atoms with Gasteiger partial charge in [-0.15, -0.1) is 0 Å². The fraction of sp³-hybridized carbons (Fsp3) is 0.400. The Labute approximate surface area is 100 Å². The first-order chi connectivity index (χ1) is 7.24. The molecule has 15 heavy (non-hydrogen) atoms. The van der Waals surface area contributed by atoms with Crippen LogP contribution in [0, 0.1) is 5.92 Å². The molecule has 1 aliphatic rings. The molecule has 0 spiro atoms. The molecule has 78 valence electrons. The van der Waals surface area contributed by atoms with Gasteiger partial charge in [-0.3, -0.25) is 4.98 Å². The van der Waals surface area contributed by atoms with Crippen molar-refractivity contribution in [3.63, 3.8) is 0 Å². The second-order valence-corrected chi connectivity index (χ2v) is 5.22. The van der Waals surface area contributed by atoms with Crippen LogP contribution >= 0.6 is 27.5 Å². The van der Waals surface area contributed by atoms with Gasteiger partial charge in [-0.05, 0) is 46.3 Å². The maximum absolute atomic E-state index is 6.13. The predicted octanol–water partition coefficient (Wildman–Crippen LogP) is 2.75. The molecule has 2 aromatic rings. The van der Waals surface area contributed by atoms with Gasteiger partial charge in [-0.1, -0.05) is 4.98 Å². The van der Waals surface area contributed by atoms with Gasteiger partial charge in [-0.25, -0.2) is 4.98 Å². The van der Waals surface area contributed by atoms with E-state index in [0.29, 0.717) is 5.15 Å². The van der Waals surface area contributed by atoms with E-state index in [1.54, 1.807) is 0 Å². The third kappa shape index (κ3) is 1.76. The van der Waals surface area contributed by atoms with Gasteiger partial charge < -0.3 is 0 Å². The Morgan fingerprint density at radius 2 is 2.40 bits per heavy atom. The molecule has 1 fully saturated rings. The Kier molecular flexibility index (Phi) is 2.21. The minimum Gasteiger partial charge on any atom is -0.278 e. The summed E-state index contributed by atoms with van der Waals surface area (Å²) in [5, 5.41) is 1.49. The first-order valence-corrected chi connectivity index (χ1v) is 6.15. The first kappa shape index (κ1) is 9.60. The van der Waals surface area contributed by atoms with Crippen molar-refractivity contribution in [3.05, 3.63) is 21.6 Å². The minimum absolute atomic E-state index is 0.563. The molecule has 3 nitrogen and oxygen atoms in total.